The van der Waals surface area contributed by atoms with E-state index in [1.165, 1.54) is 0 Å². The SMILES string of the molecule is CN(CCOc1ccc(Br)cc1)c1ccncc1N. The van der Waals surface area contributed by atoms with Crippen LogP contribution in [-0.2, 0) is 0 Å². The van der Waals surface area contributed by atoms with E-state index in [1.807, 2.05) is 37.4 Å². The van der Waals surface area contributed by atoms with Gasteiger partial charge in [0.1, 0.15) is 12.4 Å². The predicted molar refractivity (Wildman–Crippen MR) is 81.6 cm³/mol. The Morgan fingerprint density at radius 3 is 2.68 bits per heavy atom. The summed E-state index contributed by atoms with van der Waals surface area (Å²) in [6.07, 6.45) is 3.39. The second kappa shape index (κ2) is 6.43. The molecule has 2 rings (SSSR count). The van der Waals surface area contributed by atoms with Gasteiger partial charge >= 0.3 is 0 Å². The highest BCUT2D eigenvalue weighted by atomic mass is 79.9. The molecular weight excluding hydrogens is 306 g/mol. The summed E-state index contributed by atoms with van der Waals surface area (Å²) in [6.45, 7) is 1.35. The molecule has 1 aromatic heterocycles. The monoisotopic (exact) mass is 321 g/mol. The Hall–Kier alpha value is -1.75. The Morgan fingerprint density at radius 1 is 1.26 bits per heavy atom. The molecule has 0 radical (unpaired) electrons. The van der Waals surface area contributed by atoms with E-state index < -0.39 is 0 Å². The summed E-state index contributed by atoms with van der Waals surface area (Å²) in [4.78, 5) is 6.03. The number of nitrogens with zero attached hydrogens (tertiary/aromatic N) is 2. The average molecular weight is 322 g/mol. The average Bonchev–Trinajstić information content (AvgIpc) is 2.41. The quantitative estimate of drug-likeness (QED) is 0.919. The van der Waals surface area contributed by atoms with Crippen molar-refractivity contribution < 1.29 is 4.74 Å². The first-order chi connectivity index (χ1) is 9.16. The number of likely N-dealkylation sites (N-methyl/N-ethyl adjacent to an activating group) is 1. The van der Waals surface area contributed by atoms with Crippen molar-refractivity contribution >= 4 is 27.3 Å². The molecule has 0 aliphatic heterocycles. The predicted octanol–water partition coefficient (Wildman–Crippen LogP) is 2.94. The molecule has 0 fully saturated rings. The van der Waals surface area contributed by atoms with E-state index >= 15 is 0 Å². The smallest absolute Gasteiger partial charge is 0.119 e. The van der Waals surface area contributed by atoms with Crippen LogP contribution in [0.2, 0.25) is 0 Å². The van der Waals surface area contributed by atoms with Gasteiger partial charge in [0.2, 0.25) is 0 Å². The van der Waals surface area contributed by atoms with Crippen molar-refractivity contribution in [3.63, 3.8) is 0 Å². The zero-order valence-corrected chi connectivity index (χ0v) is 12.3. The van der Waals surface area contributed by atoms with Crippen molar-refractivity contribution in [2.45, 2.75) is 0 Å². The van der Waals surface area contributed by atoms with Gasteiger partial charge in [0.05, 0.1) is 24.1 Å². The summed E-state index contributed by atoms with van der Waals surface area (Å²) in [5.74, 6) is 0.860. The highest BCUT2D eigenvalue weighted by molar-refractivity contribution is 9.10. The Labute approximate surface area is 121 Å². The number of ether oxygens (including phenoxy) is 1. The lowest BCUT2D eigenvalue weighted by Gasteiger charge is -2.20. The topological polar surface area (TPSA) is 51.4 Å². The van der Waals surface area contributed by atoms with E-state index in [2.05, 4.69) is 25.8 Å². The first kappa shape index (κ1) is 13.7. The third kappa shape index (κ3) is 3.86. The molecule has 1 aromatic carbocycles. The summed E-state index contributed by atoms with van der Waals surface area (Å²) >= 11 is 3.39. The zero-order chi connectivity index (χ0) is 13.7. The van der Waals surface area contributed by atoms with Crippen molar-refractivity contribution in [2.75, 3.05) is 30.8 Å². The van der Waals surface area contributed by atoms with E-state index in [-0.39, 0.29) is 0 Å². The minimum Gasteiger partial charge on any atom is -0.492 e. The molecule has 0 atom stereocenters. The lowest BCUT2D eigenvalue weighted by atomic mass is 10.3. The largest absolute Gasteiger partial charge is 0.492 e. The van der Waals surface area contributed by atoms with E-state index in [0.717, 1.165) is 22.5 Å². The molecule has 1 heterocycles. The summed E-state index contributed by atoms with van der Waals surface area (Å²) in [6, 6.07) is 9.69. The maximum Gasteiger partial charge on any atom is 0.119 e. The highest BCUT2D eigenvalue weighted by Gasteiger charge is 2.04. The van der Waals surface area contributed by atoms with Gasteiger partial charge in [-0.15, -0.1) is 0 Å². The molecule has 2 N–H and O–H groups in total. The van der Waals surface area contributed by atoms with E-state index in [0.29, 0.717) is 12.3 Å². The molecule has 0 unspecified atom stereocenters. The summed E-state index contributed by atoms with van der Waals surface area (Å²) < 4.78 is 6.72. The van der Waals surface area contributed by atoms with Gasteiger partial charge in [-0.3, -0.25) is 4.98 Å². The molecule has 4 nitrogen and oxygen atoms in total. The standard InChI is InChI=1S/C14H16BrN3O/c1-18(14-6-7-17-10-13(14)16)8-9-19-12-4-2-11(15)3-5-12/h2-7,10H,8-9,16H2,1H3. The van der Waals surface area contributed by atoms with Crippen LogP contribution in [0.5, 0.6) is 5.75 Å². The van der Waals surface area contributed by atoms with Crippen molar-refractivity contribution in [1.29, 1.82) is 0 Å². The number of benzene rings is 1. The summed E-state index contributed by atoms with van der Waals surface area (Å²) in [5.41, 5.74) is 7.51. The Bertz CT molecular complexity index is 530. The fourth-order valence-corrected chi connectivity index (χ4v) is 1.96. The van der Waals surface area contributed by atoms with Gasteiger partial charge < -0.3 is 15.4 Å². The van der Waals surface area contributed by atoms with Crippen molar-refractivity contribution in [3.8, 4) is 5.75 Å². The lowest BCUT2D eigenvalue weighted by molar-refractivity contribution is 0.326. The molecule has 0 aliphatic rings. The first-order valence-electron chi connectivity index (χ1n) is 5.96. The number of hydrogen-bond acceptors (Lipinski definition) is 4. The van der Waals surface area contributed by atoms with Crippen LogP contribution in [0.3, 0.4) is 0 Å². The normalized spacial score (nSPS) is 10.2. The van der Waals surface area contributed by atoms with Crippen LogP contribution in [0.25, 0.3) is 0 Å². The van der Waals surface area contributed by atoms with Gasteiger partial charge in [-0.1, -0.05) is 15.9 Å². The van der Waals surface area contributed by atoms with Crippen molar-refractivity contribution in [1.82, 2.24) is 4.98 Å². The molecule has 2 aromatic rings. The van der Waals surface area contributed by atoms with Crippen LogP contribution in [0.4, 0.5) is 11.4 Å². The zero-order valence-electron chi connectivity index (χ0n) is 10.7. The highest BCUT2D eigenvalue weighted by Crippen LogP contribution is 2.20. The van der Waals surface area contributed by atoms with Gasteiger partial charge in [-0.2, -0.15) is 0 Å². The molecule has 19 heavy (non-hydrogen) atoms. The Balaban J connectivity index is 1.86. The molecule has 0 aliphatic carbocycles. The van der Waals surface area contributed by atoms with Crippen LogP contribution < -0.4 is 15.4 Å². The number of aromatic nitrogens is 1. The molecule has 0 saturated carbocycles. The van der Waals surface area contributed by atoms with Crippen LogP contribution in [0.1, 0.15) is 0 Å². The van der Waals surface area contributed by atoms with Crippen LogP contribution in [0, 0.1) is 0 Å². The molecular formula is C14H16BrN3O. The third-order valence-corrected chi connectivity index (χ3v) is 3.28. The Kier molecular flexibility index (Phi) is 4.63. The Morgan fingerprint density at radius 2 is 2.00 bits per heavy atom. The maximum absolute atomic E-state index is 5.87. The molecule has 0 amide bonds. The van der Waals surface area contributed by atoms with E-state index in [4.69, 9.17) is 10.5 Å². The second-order valence-corrected chi connectivity index (χ2v) is 5.07. The number of nitrogen functional groups attached to an aromatic ring is 1. The number of pyridine rings is 1. The van der Waals surface area contributed by atoms with Gasteiger partial charge in [0.15, 0.2) is 0 Å². The number of anilines is 2. The molecule has 100 valence electrons. The third-order valence-electron chi connectivity index (χ3n) is 2.75. The number of halogens is 1. The van der Waals surface area contributed by atoms with E-state index in [1.54, 1.807) is 12.4 Å². The second-order valence-electron chi connectivity index (χ2n) is 4.16. The molecule has 0 bridgehead atoms. The van der Waals surface area contributed by atoms with Gasteiger partial charge in [0.25, 0.3) is 0 Å². The van der Waals surface area contributed by atoms with Crippen molar-refractivity contribution in [3.05, 3.63) is 47.2 Å². The summed E-state index contributed by atoms with van der Waals surface area (Å²) in [7, 11) is 1.98. The molecule has 0 saturated heterocycles. The van der Waals surface area contributed by atoms with Crippen LogP contribution in [-0.4, -0.2) is 25.2 Å². The van der Waals surface area contributed by atoms with Gasteiger partial charge in [-0.25, -0.2) is 0 Å². The number of nitrogens with two attached hydrogens (primary N) is 1. The molecule has 5 heteroatoms. The molecule has 0 spiro atoms. The fourth-order valence-electron chi connectivity index (χ4n) is 1.70. The first-order valence-corrected chi connectivity index (χ1v) is 6.75. The van der Waals surface area contributed by atoms with E-state index in [9.17, 15) is 0 Å². The number of hydrogen-bond donors (Lipinski definition) is 1. The maximum atomic E-state index is 5.87. The minimum absolute atomic E-state index is 0.597. The van der Waals surface area contributed by atoms with Crippen LogP contribution in [0.15, 0.2) is 47.2 Å². The lowest BCUT2D eigenvalue weighted by Crippen LogP contribution is -2.24. The van der Waals surface area contributed by atoms with Gasteiger partial charge in [-0.05, 0) is 30.3 Å². The van der Waals surface area contributed by atoms with Crippen molar-refractivity contribution in [2.24, 2.45) is 0 Å². The minimum atomic E-state index is 0.597. The van der Waals surface area contributed by atoms with Gasteiger partial charge in [0, 0.05) is 17.7 Å². The fraction of sp³-hybridized carbons (Fsp3) is 0.214. The summed E-state index contributed by atoms with van der Waals surface area (Å²) in [5, 5.41) is 0. The number of rotatable bonds is 5. The van der Waals surface area contributed by atoms with Crippen LogP contribution >= 0.6 is 15.9 Å².